The molecule has 0 spiro atoms. The van der Waals surface area contributed by atoms with Crippen molar-refractivity contribution < 1.29 is 19.4 Å². The molecule has 4 rings (SSSR count). The minimum Gasteiger partial charge on any atom is -0.497 e. The van der Waals surface area contributed by atoms with Crippen LogP contribution in [0.15, 0.2) is 54.9 Å². The minimum atomic E-state index is -0.263. The van der Waals surface area contributed by atoms with Crippen LogP contribution in [0.4, 0.5) is 10.5 Å². The number of nitrogens with zero attached hydrogens (tertiary/aromatic N) is 2. The molecule has 1 atom stereocenters. The van der Waals surface area contributed by atoms with E-state index in [1.807, 2.05) is 48.7 Å². The molecule has 3 aromatic rings. The summed E-state index contributed by atoms with van der Waals surface area (Å²) < 4.78 is 11.5. The molecule has 4 N–H and O–H groups in total. The molecule has 1 aliphatic rings. The number of methoxy groups -OCH3 is 1. The SMILES string of the molecule is COc1cccc(CN(CCCO)C(=O)Nc2ccc(-c3cn[nH]c3)cc2OCC2CCCN2)c1. The van der Waals surface area contributed by atoms with E-state index in [9.17, 15) is 9.90 Å². The molecular weight excluding hydrogens is 446 g/mol. The van der Waals surface area contributed by atoms with E-state index in [1.54, 1.807) is 18.2 Å². The van der Waals surface area contributed by atoms with Crippen molar-refractivity contribution in [1.29, 1.82) is 0 Å². The van der Waals surface area contributed by atoms with Crippen LogP contribution in [0.3, 0.4) is 0 Å². The second kappa shape index (κ2) is 12.2. The van der Waals surface area contributed by atoms with E-state index in [2.05, 4.69) is 20.8 Å². The van der Waals surface area contributed by atoms with Crippen LogP contribution >= 0.6 is 0 Å². The summed E-state index contributed by atoms with van der Waals surface area (Å²) in [7, 11) is 1.62. The molecule has 9 nitrogen and oxygen atoms in total. The van der Waals surface area contributed by atoms with Crippen molar-refractivity contribution >= 4 is 11.7 Å². The van der Waals surface area contributed by atoms with E-state index in [-0.39, 0.29) is 12.6 Å². The molecule has 0 saturated carbocycles. The number of nitrogens with one attached hydrogen (secondary N) is 3. The van der Waals surface area contributed by atoms with Gasteiger partial charge in [0.05, 0.1) is 19.0 Å². The zero-order valence-electron chi connectivity index (χ0n) is 20.0. The topological polar surface area (TPSA) is 112 Å². The van der Waals surface area contributed by atoms with Crippen molar-refractivity contribution in [2.45, 2.75) is 31.8 Å². The Balaban J connectivity index is 1.53. The first-order valence-electron chi connectivity index (χ1n) is 12.0. The Morgan fingerprint density at radius 2 is 2.17 bits per heavy atom. The van der Waals surface area contributed by atoms with Crippen LogP contribution in [-0.2, 0) is 6.54 Å². The number of rotatable bonds is 11. The molecule has 186 valence electrons. The maximum absolute atomic E-state index is 13.3. The zero-order chi connectivity index (χ0) is 24.5. The Kier molecular flexibility index (Phi) is 8.58. The molecule has 35 heavy (non-hydrogen) atoms. The van der Waals surface area contributed by atoms with Crippen molar-refractivity contribution in [3.63, 3.8) is 0 Å². The number of hydrogen-bond donors (Lipinski definition) is 4. The summed E-state index contributed by atoms with van der Waals surface area (Å²) in [5, 5.41) is 22.7. The van der Waals surface area contributed by atoms with Crippen LogP contribution in [0.25, 0.3) is 11.1 Å². The van der Waals surface area contributed by atoms with Crippen molar-refractivity contribution in [3.05, 3.63) is 60.4 Å². The lowest BCUT2D eigenvalue weighted by Crippen LogP contribution is -2.36. The summed E-state index contributed by atoms with van der Waals surface area (Å²) in [6.07, 6.45) is 6.25. The lowest BCUT2D eigenvalue weighted by molar-refractivity contribution is 0.199. The van der Waals surface area contributed by atoms with Crippen LogP contribution in [-0.4, -0.2) is 65.7 Å². The van der Waals surface area contributed by atoms with Crippen LogP contribution in [0.1, 0.15) is 24.8 Å². The van der Waals surface area contributed by atoms with Gasteiger partial charge in [-0.15, -0.1) is 0 Å². The lowest BCUT2D eigenvalue weighted by atomic mass is 10.1. The third kappa shape index (κ3) is 6.74. The number of aliphatic hydroxyl groups excluding tert-OH is 1. The predicted octanol–water partition coefficient (Wildman–Crippen LogP) is 3.63. The molecule has 1 unspecified atom stereocenters. The first-order chi connectivity index (χ1) is 17.2. The van der Waals surface area contributed by atoms with Crippen molar-refractivity contribution in [2.75, 3.05) is 38.7 Å². The highest BCUT2D eigenvalue weighted by Gasteiger charge is 2.19. The average Bonchev–Trinajstić information content (AvgIpc) is 3.61. The van der Waals surface area contributed by atoms with Gasteiger partial charge in [-0.25, -0.2) is 4.79 Å². The summed E-state index contributed by atoms with van der Waals surface area (Å²) in [5.41, 5.74) is 3.42. The van der Waals surface area contributed by atoms with Gasteiger partial charge in [0, 0.05) is 37.5 Å². The van der Waals surface area contributed by atoms with E-state index in [0.717, 1.165) is 41.8 Å². The maximum atomic E-state index is 13.3. The molecule has 9 heteroatoms. The van der Waals surface area contributed by atoms with Gasteiger partial charge in [0.15, 0.2) is 0 Å². The molecule has 1 aliphatic heterocycles. The van der Waals surface area contributed by atoms with Gasteiger partial charge in [0.25, 0.3) is 0 Å². The summed E-state index contributed by atoms with van der Waals surface area (Å²) in [6.45, 7) is 2.32. The molecule has 2 heterocycles. The molecule has 1 saturated heterocycles. The van der Waals surface area contributed by atoms with Crippen LogP contribution in [0.5, 0.6) is 11.5 Å². The monoisotopic (exact) mass is 479 g/mol. The molecule has 0 radical (unpaired) electrons. The third-order valence-electron chi connectivity index (χ3n) is 6.04. The van der Waals surface area contributed by atoms with Crippen molar-refractivity contribution in [3.8, 4) is 22.6 Å². The summed E-state index contributed by atoms with van der Waals surface area (Å²) in [5.74, 6) is 1.34. The number of aromatic nitrogens is 2. The Morgan fingerprint density at radius 3 is 2.91 bits per heavy atom. The number of benzene rings is 2. The third-order valence-corrected chi connectivity index (χ3v) is 6.04. The number of H-pyrrole nitrogens is 1. The number of carbonyl (C=O) groups excluding carboxylic acids is 1. The van der Waals surface area contributed by atoms with E-state index >= 15 is 0 Å². The number of aromatic amines is 1. The first kappa shape index (κ1) is 24.6. The fourth-order valence-electron chi connectivity index (χ4n) is 4.12. The Labute approximate surface area is 205 Å². The van der Waals surface area contributed by atoms with Crippen molar-refractivity contribution in [1.82, 2.24) is 20.4 Å². The van der Waals surface area contributed by atoms with Gasteiger partial charge >= 0.3 is 6.03 Å². The van der Waals surface area contributed by atoms with Gasteiger partial charge in [0.2, 0.25) is 0 Å². The van der Waals surface area contributed by atoms with Crippen molar-refractivity contribution in [2.24, 2.45) is 0 Å². The van der Waals surface area contributed by atoms with E-state index in [0.29, 0.717) is 43.6 Å². The second-order valence-corrected chi connectivity index (χ2v) is 8.58. The number of aliphatic hydroxyl groups is 1. The summed E-state index contributed by atoms with van der Waals surface area (Å²) >= 11 is 0. The molecule has 2 amide bonds. The second-order valence-electron chi connectivity index (χ2n) is 8.58. The van der Waals surface area contributed by atoms with Crippen LogP contribution < -0.4 is 20.1 Å². The van der Waals surface area contributed by atoms with Gasteiger partial charge in [0.1, 0.15) is 18.1 Å². The van der Waals surface area contributed by atoms with E-state index in [4.69, 9.17) is 9.47 Å². The number of carbonyl (C=O) groups is 1. The molecular formula is C26H33N5O4. The van der Waals surface area contributed by atoms with Crippen LogP contribution in [0.2, 0.25) is 0 Å². The number of hydrogen-bond acceptors (Lipinski definition) is 6. The normalized spacial score (nSPS) is 15.1. The fraction of sp³-hybridized carbons (Fsp3) is 0.385. The number of urea groups is 1. The number of ether oxygens (including phenoxy) is 2. The highest BCUT2D eigenvalue weighted by molar-refractivity contribution is 5.91. The summed E-state index contributed by atoms with van der Waals surface area (Å²) in [6, 6.07) is 13.4. The molecule has 1 fully saturated rings. The predicted molar refractivity (Wildman–Crippen MR) is 135 cm³/mol. The van der Waals surface area contributed by atoms with Gasteiger partial charge < -0.3 is 30.1 Å². The minimum absolute atomic E-state index is 0.00401. The van der Waals surface area contributed by atoms with Gasteiger partial charge in [-0.2, -0.15) is 5.10 Å². The van der Waals surface area contributed by atoms with Crippen LogP contribution in [0, 0.1) is 0 Å². The number of anilines is 1. The Hall–Kier alpha value is -3.56. The largest absolute Gasteiger partial charge is 0.497 e. The highest BCUT2D eigenvalue weighted by Crippen LogP contribution is 2.31. The average molecular weight is 480 g/mol. The van der Waals surface area contributed by atoms with E-state index in [1.165, 1.54) is 0 Å². The Bertz CT molecular complexity index is 1080. The van der Waals surface area contributed by atoms with Gasteiger partial charge in [-0.05, 0) is 61.2 Å². The molecule has 1 aromatic heterocycles. The molecule has 0 bridgehead atoms. The lowest BCUT2D eigenvalue weighted by Gasteiger charge is -2.24. The van der Waals surface area contributed by atoms with E-state index < -0.39 is 0 Å². The fourth-order valence-corrected chi connectivity index (χ4v) is 4.12. The zero-order valence-corrected chi connectivity index (χ0v) is 20.0. The smallest absolute Gasteiger partial charge is 0.322 e. The quantitative estimate of drug-likeness (QED) is 0.334. The first-order valence-corrected chi connectivity index (χ1v) is 12.0. The standard InChI is InChI=1S/C26H33N5O4/c1-34-23-7-2-5-19(13-23)17-31(11-4-12-32)26(33)30-24-9-8-20(21-15-28-29-16-21)14-25(24)35-18-22-6-3-10-27-22/h2,5,7-9,13-16,22,27,32H,3-4,6,10-12,17-18H2,1H3,(H,28,29)(H,30,33). The molecule has 0 aliphatic carbocycles. The Morgan fingerprint density at radius 1 is 1.26 bits per heavy atom. The van der Waals surface area contributed by atoms with Gasteiger partial charge in [-0.3, -0.25) is 5.10 Å². The number of amides is 2. The maximum Gasteiger partial charge on any atom is 0.322 e. The molecule has 2 aromatic carbocycles. The summed E-state index contributed by atoms with van der Waals surface area (Å²) in [4.78, 5) is 15.0. The highest BCUT2D eigenvalue weighted by atomic mass is 16.5. The van der Waals surface area contributed by atoms with Gasteiger partial charge in [-0.1, -0.05) is 18.2 Å².